The Balaban J connectivity index is 0.00000113. The van der Waals surface area contributed by atoms with Crippen LogP contribution in [0.4, 0.5) is 0 Å². The number of carbonyl (C=O) groups excluding carboxylic acids is 1. The van der Waals surface area contributed by atoms with E-state index in [-0.39, 0.29) is 36.8 Å². The van der Waals surface area contributed by atoms with Crippen LogP contribution in [0, 0.1) is 0 Å². The second-order valence-electron chi connectivity index (χ2n) is 6.58. The number of nitrogens with one attached hydrogen (secondary N) is 1. The van der Waals surface area contributed by atoms with Gasteiger partial charge in [0.15, 0.2) is 0 Å². The Bertz CT molecular complexity index is 779. The van der Waals surface area contributed by atoms with Crippen LogP contribution < -0.4 is 5.32 Å². The topological polar surface area (TPSA) is 45.2 Å². The van der Waals surface area contributed by atoms with E-state index in [1.54, 1.807) is 0 Å². The number of hydrogen-bond donors (Lipinski definition) is 1. The molecule has 1 aromatic heterocycles. The third-order valence-corrected chi connectivity index (χ3v) is 5.01. The molecule has 1 atom stereocenters. The highest BCUT2D eigenvalue weighted by atomic mass is 35.5. The van der Waals surface area contributed by atoms with E-state index < -0.39 is 0 Å². The Morgan fingerprint density at radius 1 is 1.28 bits per heavy atom. The van der Waals surface area contributed by atoms with Gasteiger partial charge >= 0.3 is 0 Å². The minimum atomic E-state index is 0. The van der Waals surface area contributed by atoms with E-state index in [0.29, 0.717) is 10.9 Å². The van der Waals surface area contributed by atoms with Crippen LogP contribution in [0.2, 0.25) is 5.02 Å². The van der Waals surface area contributed by atoms with Crippen molar-refractivity contribution in [2.24, 2.45) is 0 Å². The summed E-state index contributed by atoms with van der Waals surface area (Å²) < 4.78 is 0. The summed E-state index contributed by atoms with van der Waals surface area (Å²) in [7, 11) is 0. The van der Waals surface area contributed by atoms with E-state index in [4.69, 9.17) is 16.6 Å². The Kier molecular flexibility index (Phi) is 6.55. The van der Waals surface area contributed by atoms with E-state index >= 15 is 0 Å². The van der Waals surface area contributed by atoms with Gasteiger partial charge in [-0.3, -0.25) is 9.78 Å². The molecule has 1 saturated heterocycles. The van der Waals surface area contributed by atoms with Gasteiger partial charge in [-0.05, 0) is 44.0 Å². The molecule has 1 aromatic carbocycles. The zero-order valence-electron chi connectivity index (χ0n) is 14.0. The van der Waals surface area contributed by atoms with Crippen molar-refractivity contribution in [1.29, 1.82) is 0 Å². The fourth-order valence-electron chi connectivity index (χ4n) is 3.28. The zero-order valence-corrected chi connectivity index (χ0v) is 16.4. The third kappa shape index (κ3) is 4.03. The molecule has 1 aliphatic carbocycles. The van der Waals surface area contributed by atoms with Crippen LogP contribution in [-0.2, 0) is 0 Å². The van der Waals surface area contributed by atoms with Crippen LogP contribution in [-0.4, -0.2) is 41.5 Å². The maximum atomic E-state index is 13.2. The second kappa shape index (κ2) is 8.09. The smallest absolute Gasteiger partial charge is 0.254 e. The summed E-state index contributed by atoms with van der Waals surface area (Å²) in [6.07, 6.45) is 2.34. The van der Waals surface area contributed by atoms with Crippen LogP contribution in [0.25, 0.3) is 10.9 Å². The Morgan fingerprint density at radius 3 is 2.72 bits per heavy atom. The summed E-state index contributed by atoms with van der Waals surface area (Å²) in [6, 6.07) is 7.81. The van der Waals surface area contributed by atoms with E-state index in [9.17, 15) is 4.79 Å². The minimum Gasteiger partial charge on any atom is -0.333 e. The Morgan fingerprint density at radius 2 is 2.04 bits per heavy atom. The molecular formula is C18H22Cl3N3O. The monoisotopic (exact) mass is 401 g/mol. The van der Waals surface area contributed by atoms with Crippen LogP contribution in [0.1, 0.15) is 41.7 Å². The number of benzene rings is 1. The van der Waals surface area contributed by atoms with Crippen LogP contribution in [0.15, 0.2) is 24.3 Å². The van der Waals surface area contributed by atoms with Crippen molar-refractivity contribution < 1.29 is 4.79 Å². The summed E-state index contributed by atoms with van der Waals surface area (Å²) in [4.78, 5) is 19.9. The quantitative estimate of drug-likeness (QED) is 0.824. The molecule has 1 amide bonds. The van der Waals surface area contributed by atoms with Crippen molar-refractivity contribution in [3.05, 3.63) is 40.5 Å². The molecule has 1 aliphatic heterocycles. The molecule has 0 bridgehead atoms. The van der Waals surface area contributed by atoms with E-state index in [1.807, 2.05) is 29.2 Å². The molecule has 4 nitrogen and oxygen atoms in total. The van der Waals surface area contributed by atoms with Gasteiger partial charge < -0.3 is 10.2 Å². The lowest BCUT2D eigenvalue weighted by molar-refractivity contribution is 0.0657. The fraction of sp³-hybridized carbons (Fsp3) is 0.444. The summed E-state index contributed by atoms with van der Waals surface area (Å²) in [5.41, 5.74) is 2.66. The fourth-order valence-corrected chi connectivity index (χ4v) is 3.45. The number of piperazine rings is 1. The molecule has 7 heteroatoms. The first-order valence-electron chi connectivity index (χ1n) is 8.25. The van der Waals surface area contributed by atoms with Gasteiger partial charge in [0.1, 0.15) is 0 Å². The average molecular weight is 403 g/mol. The van der Waals surface area contributed by atoms with Crippen LogP contribution in [0.5, 0.6) is 0 Å². The van der Waals surface area contributed by atoms with Gasteiger partial charge in [-0.25, -0.2) is 0 Å². The summed E-state index contributed by atoms with van der Waals surface area (Å²) in [5.74, 6) is 0.609. The van der Waals surface area contributed by atoms with Crippen molar-refractivity contribution in [1.82, 2.24) is 15.2 Å². The third-order valence-electron chi connectivity index (χ3n) is 4.78. The summed E-state index contributed by atoms with van der Waals surface area (Å²) in [6.45, 7) is 4.51. The molecule has 4 rings (SSSR count). The van der Waals surface area contributed by atoms with Gasteiger partial charge in [0.2, 0.25) is 0 Å². The van der Waals surface area contributed by atoms with Crippen LogP contribution in [0.3, 0.4) is 0 Å². The molecule has 2 aromatic rings. The number of pyridine rings is 1. The van der Waals surface area contributed by atoms with Gasteiger partial charge in [-0.1, -0.05) is 11.6 Å². The predicted octanol–water partition coefficient (Wildman–Crippen LogP) is 4.04. The number of nitrogens with zero attached hydrogens (tertiary/aromatic N) is 2. The molecular weight excluding hydrogens is 381 g/mol. The lowest BCUT2D eigenvalue weighted by atomic mass is 10.0. The van der Waals surface area contributed by atoms with Crippen LogP contribution >= 0.6 is 36.4 Å². The number of fused-ring (bicyclic) bond motifs is 1. The number of hydrogen-bond acceptors (Lipinski definition) is 3. The molecule has 2 fully saturated rings. The lowest BCUT2D eigenvalue weighted by Crippen LogP contribution is -2.52. The number of carbonyl (C=O) groups is 1. The van der Waals surface area contributed by atoms with Crippen molar-refractivity contribution in [2.75, 3.05) is 19.6 Å². The molecule has 0 unspecified atom stereocenters. The first kappa shape index (κ1) is 20.2. The highest BCUT2D eigenvalue weighted by Gasteiger charge is 2.29. The van der Waals surface area contributed by atoms with Gasteiger partial charge in [0.25, 0.3) is 5.91 Å². The zero-order chi connectivity index (χ0) is 16.0. The molecule has 1 N–H and O–H groups in total. The summed E-state index contributed by atoms with van der Waals surface area (Å²) >= 11 is 6.16. The maximum Gasteiger partial charge on any atom is 0.254 e. The van der Waals surface area contributed by atoms with Gasteiger partial charge in [-0.2, -0.15) is 0 Å². The number of aromatic nitrogens is 1. The van der Waals surface area contributed by atoms with E-state index in [1.165, 1.54) is 12.8 Å². The van der Waals surface area contributed by atoms with E-state index in [2.05, 4.69) is 12.2 Å². The Labute approximate surface area is 165 Å². The van der Waals surface area contributed by atoms with Crippen molar-refractivity contribution in [3.8, 4) is 0 Å². The van der Waals surface area contributed by atoms with Gasteiger partial charge in [0.05, 0.1) is 11.1 Å². The Hall–Kier alpha value is -1.07. The molecule has 0 radical (unpaired) electrons. The molecule has 1 saturated carbocycles. The first-order chi connectivity index (χ1) is 11.1. The predicted molar refractivity (Wildman–Crippen MR) is 107 cm³/mol. The highest BCUT2D eigenvalue weighted by Crippen LogP contribution is 2.40. The molecule has 0 spiro atoms. The molecule has 25 heavy (non-hydrogen) atoms. The summed E-state index contributed by atoms with van der Waals surface area (Å²) in [5, 5.41) is 4.83. The minimum absolute atomic E-state index is 0. The average Bonchev–Trinajstić information content (AvgIpc) is 3.38. The number of halogens is 3. The first-order valence-corrected chi connectivity index (χ1v) is 8.63. The van der Waals surface area contributed by atoms with Crippen molar-refractivity contribution in [3.63, 3.8) is 0 Å². The second-order valence-corrected chi connectivity index (χ2v) is 7.02. The SMILES string of the molecule is C[C@@H]1CNCCN1C(=O)c1cc(C2CC2)nc2ccc(Cl)cc12.Cl.Cl. The highest BCUT2D eigenvalue weighted by molar-refractivity contribution is 6.31. The van der Waals surface area contributed by atoms with Crippen molar-refractivity contribution in [2.45, 2.75) is 31.7 Å². The molecule has 2 heterocycles. The largest absolute Gasteiger partial charge is 0.333 e. The standard InChI is InChI=1S/C18H20ClN3O.2ClH/c1-11-10-20-6-7-22(11)18(23)15-9-17(12-2-3-12)21-16-5-4-13(19)8-14(15)16;;/h4-5,8-9,11-12,20H,2-3,6-7,10H2,1H3;2*1H/t11-;;/m1../s1. The normalized spacial score (nSPS) is 19.9. The van der Waals surface area contributed by atoms with Gasteiger partial charge in [0, 0.05) is 47.7 Å². The molecule has 2 aliphatic rings. The number of amides is 1. The lowest BCUT2D eigenvalue weighted by Gasteiger charge is -2.34. The van der Waals surface area contributed by atoms with E-state index in [0.717, 1.165) is 41.8 Å². The maximum absolute atomic E-state index is 13.2. The molecule has 136 valence electrons. The van der Waals surface area contributed by atoms with Crippen molar-refractivity contribution >= 4 is 53.2 Å². The van der Waals surface area contributed by atoms with Gasteiger partial charge in [-0.15, -0.1) is 24.8 Å². The number of rotatable bonds is 2.